The number of hydrogen-bond donors (Lipinski definition) is 0. The zero-order chi connectivity index (χ0) is 10.3. The van der Waals surface area contributed by atoms with E-state index in [1.54, 1.807) is 7.11 Å². The smallest absolute Gasteiger partial charge is 0.165 e. The molecule has 2 heteroatoms. The van der Waals surface area contributed by atoms with Crippen molar-refractivity contribution in [2.24, 2.45) is 0 Å². The van der Waals surface area contributed by atoms with Crippen LogP contribution < -0.4 is 9.47 Å². The third-order valence-electron chi connectivity index (χ3n) is 3.63. The van der Waals surface area contributed by atoms with Gasteiger partial charge < -0.3 is 9.47 Å². The Labute approximate surface area is 90.2 Å². The molecule has 1 aliphatic carbocycles. The second kappa shape index (κ2) is 3.16. The minimum Gasteiger partial charge on any atom is -0.493 e. The van der Waals surface area contributed by atoms with E-state index in [2.05, 4.69) is 12.1 Å². The summed E-state index contributed by atoms with van der Waals surface area (Å²) in [5.41, 5.74) is 1.42. The summed E-state index contributed by atoms with van der Waals surface area (Å²) in [7, 11) is 1.71. The molecule has 1 spiro atoms. The quantitative estimate of drug-likeness (QED) is 0.700. The summed E-state index contributed by atoms with van der Waals surface area (Å²) in [6.45, 7) is 0. The van der Waals surface area contributed by atoms with Gasteiger partial charge in [0.25, 0.3) is 0 Å². The van der Waals surface area contributed by atoms with E-state index in [1.165, 1.54) is 31.2 Å². The van der Waals surface area contributed by atoms with E-state index in [-0.39, 0.29) is 5.60 Å². The Kier molecular flexibility index (Phi) is 1.91. The lowest BCUT2D eigenvalue weighted by Crippen LogP contribution is -2.29. The second-order valence-corrected chi connectivity index (χ2v) is 4.62. The highest BCUT2D eigenvalue weighted by Crippen LogP contribution is 2.48. The highest BCUT2D eigenvalue weighted by atomic mass is 16.5. The summed E-state index contributed by atoms with van der Waals surface area (Å²) in [5.74, 6) is 1.87. The van der Waals surface area contributed by atoms with Gasteiger partial charge in [0.1, 0.15) is 5.60 Å². The Bertz CT molecular complexity index is 378. The van der Waals surface area contributed by atoms with Gasteiger partial charge in [-0.3, -0.25) is 0 Å². The number of rotatable bonds is 1. The van der Waals surface area contributed by atoms with Crippen molar-refractivity contribution in [1.82, 2.24) is 0 Å². The molecule has 1 aromatic rings. The van der Waals surface area contributed by atoms with E-state index in [1.807, 2.05) is 6.07 Å². The number of fused-ring (bicyclic) bond motifs is 1. The third-order valence-corrected chi connectivity index (χ3v) is 3.63. The first kappa shape index (κ1) is 9.08. The first-order chi connectivity index (χ1) is 7.33. The van der Waals surface area contributed by atoms with Crippen LogP contribution >= 0.6 is 0 Å². The lowest BCUT2D eigenvalue weighted by molar-refractivity contribution is 0.0996. The van der Waals surface area contributed by atoms with Crippen LogP contribution in [0.1, 0.15) is 31.2 Å². The summed E-state index contributed by atoms with van der Waals surface area (Å²) in [5, 5.41) is 0. The predicted molar refractivity (Wildman–Crippen MR) is 58.5 cm³/mol. The number of para-hydroxylation sites is 1. The molecule has 0 saturated heterocycles. The maximum Gasteiger partial charge on any atom is 0.165 e. The third kappa shape index (κ3) is 1.31. The maximum absolute atomic E-state index is 6.15. The van der Waals surface area contributed by atoms with E-state index in [4.69, 9.17) is 9.47 Å². The summed E-state index contributed by atoms with van der Waals surface area (Å²) in [4.78, 5) is 0. The van der Waals surface area contributed by atoms with E-state index >= 15 is 0 Å². The zero-order valence-electron chi connectivity index (χ0n) is 9.08. The fourth-order valence-electron chi connectivity index (χ4n) is 2.87. The lowest BCUT2D eigenvalue weighted by atomic mass is 9.96. The van der Waals surface area contributed by atoms with Crippen LogP contribution in [-0.4, -0.2) is 12.7 Å². The van der Waals surface area contributed by atoms with E-state index in [0.717, 1.165) is 17.9 Å². The molecule has 2 aliphatic rings. The standard InChI is InChI=1S/C13H16O2/c1-14-11-6-4-5-10-9-13(15-12(10)11)7-2-3-8-13/h4-6H,2-3,7-9H2,1H3. The lowest BCUT2D eigenvalue weighted by Gasteiger charge is -2.22. The molecule has 15 heavy (non-hydrogen) atoms. The molecule has 0 aromatic heterocycles. The molecule has 0 N–H and O–H groups in total. The number of ether oxygens (including phenoxy) is 2. The number of hydrogen-bond acceptors (Lipinski definition) is 2. The number of benzene rings is 1. The van der Waals surface area contributed by atoms with Crippen LogP contribution in [0.3, 0.4) is 0 Å². The number of methoxy groups -OCH3 is 1. The first-order valence-electron chi connectivity index (χ1n) is 5.68. The molecular formula is C13H16O2. The van der Waals surface area contributed by atoms with Crippen molar-refractivity contribution in [3.8, 4) is 11.5 Å². The van der Waals surface area contributed by atoms with Gasteiger partial charge >= 0.3 is 0 Å². The summed E-state index contributed by atoms with van der Waals surface area (Å²) in [6.07, 6.45) is 6.07. The van der Waals surface area contributed by atoms with Crippen LogP contribution in [0.25, 0.3) is 0 Å². The molecule has 3 rings (SSSR count). The molecule has 0 atom stereocenters. The molecule has 1 aliphatic heterocycles. The van der Waals surface area contributed by atoms with Crippen LogP contribution in [0.2, 0.25) is 0 Å². The second-order valence-electron chi connectivity index (χ2n) is 4.62. The average molecular weight is 204 g/mol. The minimum atomic E-state index is 0.108. The van der Waals surface area contributed by atoms with E-state index in [0.29, 0.717) is 0 Å². The van der Waals surface area contributed by atoms with Gasteiger partial charge in [0.15, 0.2) is 11.5 Å². The van der Waals surface area contributed by atoms with Crippen molar-refractivity contribution in [2.45, 2.75) is 37.7 Å². The highest BCUT2D eigenvalue weighted by molar-refractivity contribution is 5.50. The van der Waals surface area contributed by atoms with Gasteiger partial charge in [-0.25, -0.2) is 0 Å². The van der Waals surface area contributed by atoms with Crippen LogP contribution in [0, 0.1) is 0 Å². The SMILES string of the molecule is COc1cccc2c1OC1(CCCC1)C2. The van der Waals surface area contributed by atoms with Crippen molar-refractivity contribution in [1.29, 1.82) is 0 Å². The fraction of sp³-hybridized carbons (Fsp3) is 0.538. The highest BCUT2D eigenvalue weighted by Gasteiger charge is 2.42. The zero-order valence-corrected chi connectivity index (χ0v) is 9.08. The average Bonchev–Trinajstić information content (AvgIpc) is 2.84. The van der Waals surface area contributed by atoms with Gasteiger partial charge in [-0.1, -0.05) is 12.1 Å². The maximum atomic E-state index is 6.15. The Morgan fingerprint density at radius 1 is 1.27 bits per heavy atom. The van der Waals surface area contributed by atoms with Gasteiger partial charge in [-0.2, -0.15) is 0 Å². The van der Waals surface area contributed by atoms with E-state index in [9.17, 15) is 0 Å². The first-order valence-corrected chi connectivity index (χ1v) is 5.68. The van der Waals surface area contributed by atoms with Crippen molar-refractivity contribution in [2.75, 3.05) is 7.11 Å². The monoisotopic (exact) mass is 204 g/mol. The van der Waals surface area contributed by atoms with Crippen LogP contribution in [0.5, 0.6) is 11.5 Å². The van der Waals surface area contributed by atoms with Gasteiger partial charge in [0.05, 0.1) is 7.11 Å². The molecule has 0 bridgehead atoms. The Morgan fingerprint density at radius 2 is 2.07 bits per heavy atom. The molecule has 80 valence electrons. The predicted octanol–water partition coefficient (Wildman–Crippen LogP) is 2.94. The molecule has 0 unspecified atom stereocenters. The minimum absolute atomic E-state index is 0.108. The van der Waals surface area contributed by atoms with Crippen molar-refractivity contribution in [3.05, 3.63) is 23.8 Å². The summed E-state index contributed by atoms with van der Waals surface area (Å²) in [6, 6.07) is 6.19. The van der Waals surface area contributed by atoms with E-state index < -0.39 is 0 Å². The van der Waals surface area contributed by atoms with Gasteiger partial charge in [-0.15, -0.1) is 0 Å². The molecule has 1 heterocycles. The van der Waals surface area contributed by atoms with Crippen LogP contribution in [-0.2, 0) is 6.42 Å². The normalized spacial score (nSPS) is 21.4. The van der Waals surface area contributed by atoms with Crippen molar-refractivity contribution in [3.63, 3.8) is 0 Å². The molecule has 1 aromatic carbocycles. The van der Waals surface area contributed by atoms with Crippen LogP contribution in [0.4, 0.5) is 0 Å². The fourth-order valence-corrected chi connectivity index (χ4v) is 2.87. The molecule has 2 nitrogen and oxygen atoms in total. The summed E-state index contributed by atoms with van der Waals surface area (Å²) >= 11 is 0. The Morgan fingerprint density at radius 3 is 2.80 bits per heavy atom. The van der Waals surface area contributed by atoms with Crippen molar-refractivity contribution < 1.29 is 9.47 Å². The van der Waals surface area contributed by atoms with Crippen molar-refractivity contribution >= 4 is 0 Å². The molecule has 0 amide bonds. The molecule has 1 saturated carbocycles. The van der Waals surface area contributed by atoms with Gasteiger partial charge in [-0.05, 0) is 31.7 Å². The largest absolute Gasteiger partial charge is 0.493 e. The Balaban J connectivity index is 1.98. The summed E-state index contributed by atoms with van der Waals surface area (Å²) < 4.78 is 11.5. The molecular weight excluding hydrogens is 188 g/mol. The van der Waals surface area contributed by atoms with Gasteiger partial charge in [0.2, 0.25) is 0 Å². The molecule has 1 fully saturated rings. The molecule has 0 radical (unpaired) electrons. The van der Waals surface area contributed by atoms with Gasteiger partial charge in [0, 0.05) is 12.0 Å². The topological polar surface area (TPSA) is 18.5 Å². The van der Waals surface area contributed by atoms with Crippen LogP contribution in [0.15, 0.2) is 18.2 Å². The Hall–Kier alpha value is -1.18.